The minimum absolute atomic E-state index is 0.116. The fourth-order valence-corrected chi connectivity index (χ4v) is 2.73. The van der Waals surface area contributed by atoms with Gasteiger partial charge in [-0.05, 0) is 36.8 Å². The molecule has 0 aliphatic rings. The first kappa shape index (κ1) is 19.3. The summed E-state index contributed by atoms with van der Waals surface area (Å²) in [6, 6.07) is 14.0. The highest BCUT2D eigenvalue weighted by Gasteiger charge is 2.19. The highest BCUT2D eigenvalue weighted by Crippen LogP contribution is 2.20. The van der Waals surface area contributed by atoms with E-state index in [0.29, 0.717) is 28.8 Å². The van der Waals surface area contributed by atoms with Crippen LogP contribution in [0.15, 0.2) is 48.5 Å². The molecule has 0 bridgehead atoms. The van der Waals surface area contributed by atoms with E-state index in [1.807, 2.05) is 18.2 Å². The van der Waals surface area contributed by atoms with Crippen molar-refractivity contribution < 1.29 is 14.3 Å². The Balaban J connectivity index is 2.20. The van der Waals surface area contributed by atoms with E-state index < -0.39 is 0 Å². The fraction of sp³-hybridized carbons (Fsp3) is 0.263. The standard InChI is InChI=1S/C19H19Cl2NO3/c1-2-25-18(23)10-11-22(13-15-6-3-4-9-17(15)21)19(24)14-7-5-8-16(20)12-14/h3-9,12H,2,10-11,13H2,1H3. The number of nitrogens with zero attached hydrogens (tertiary/aromatic N) is 1. The Kier molecular flexibility index (Phi) is 7.29. The van der Waals surface area contributed by atoms with Gasteiger partial charge in [0.15, 0.2) is 0 Å². The van der Waals surface area contributed by atoms with Crippen LogP contribution >= 0.6 is 23.2 Å². The van der Waals surface area contributed by atoms with Gasteiger partial charge in [-0.2, -0.15) is 0 Å². The molecule has 0 saturated heterocycles. The molecule has 0 saturated carbocycles. The lowest BCUT2D eigenvalue weighted by Gasteiger charge is -2.23. The molecule has 0 spiro atoms. The largest absolute Gasteiger partial charge is 0.466 e. The summed E-state index contributed by atoms with van der Waals surface area (Å²) in [6.45, 7) is 2.59. The number of carbonyl (C=O) groups is 2. The molecule has 0 fully saturated rings. The second-order valence-electron chi connectivity index (χ2n) is 5.38. The SMILES string of the molecule is CCOC(=O)CCN(Cc1ccccc1Cl)C(=O)c1cccc(Cl)c1. The highest BCUT2D eigenvalue weighted by atomic mass is 35.5. The lowest BCUT2D eigenvalue weighted by molar-refractivity contribution is -0.143. The van der Waals surface area contributed by atoms with Crippen molar-refractivity contribution in [2.24, 2.45) is 0 Å². The van der Waals surface area contributed by atoms with Crippen LogP contribution in [-0.4, -0.2) is 29.9 Å². The summed E-state index contributed by atoms with van der Waals surface area (Å²) in [5.74, 6) is -0.558. The lowest BCUT2D eigenvalue weighted by atomic mass is 10.1. The van der Waals surface area contributed by atoms with Crippen LogP contribution in [0.4, 0.5) is 0 Å². The van der Waals surface area contributed by atoms with Crippen LogP contribution in [0.3, 0.4) is 0 Å². The predicted octanol–water partition coefficient (Wildman–Crippen LogP) is 4.59. The third-order valence-corrected chi connectivity index (χ3v) is 4.17. The summed E-state index contributed by atoms with van der Waals surface area (Å²) >= 11 is 12.2. The maximum absolute atomic E-state index is 12.9. The molecular formula is C19H19Cl2NO3. The van der Waals surface area contributed by atoms with Crippen molar-refractivity contribution in [3.05, 3.63) is 69.7 Å². The number of benzene rings is 2. The lowest BCUT2D eigenvalue weighted by Crippen LogP contribution is -2.33. The normalized spacial score (nSPS) is 10.4. The van der Waals surface area contributed by atoms with Gasteiger partial charge in [-0.25, -0.2) is 0 Å². The van der Waals surface area contributed by atoms with Gasteiger partial charge in [0.25, 0.3) is 5.91 Å². The molecule has 6 heteroatoms. The van der Waals surface area contributed by atoms with Crippen LogP contribution in [0, 0.1) is 0 Å². The third kappa shape index (κ3) is 5.76. The Morgan fingerprint density at radius 3 is 2.52 bits per heavy atom. The zero-order chi connectivity index (χ0) is 18.2. The molecular weight excluding hydrogens is 361 g/mol. The van der Waals surface area contributed by atoms with E-state index in [1.165, 1.54) is 0 Å². The summed E-state index contributed by atoms with van der Waals surface area (Å²) < 4.78 is 4.95. The average Bonchev–Trinajstić information content (AvgIpc) is 2.60. The smallest absolute Gasteiger partial charge is 0.307 e. The van der Waals surface area contributed by atoms with E-state index in [-0.39, 0.29) is 24.8 Å². The molecule has 0 atom stereocenters. The van der Waals surface area contributed by atoms with E-state index in [1.54, 1.807) is 42.2 Å². The summed E-state index contributed by atoms with van der Waals surface area (Å²) in [5.41, 5.74) is 1.27. The van der Waals surface area contributed by atoms with Gasteiger partial charge in [0.2, 0.25) is 0 Å². The second kappa shape index (κ2) is 9.44. The van der Waals surface area contributed by atoms with E-state index in [2.05, 4.69) is 0 Å². The van der Waals surface area contributed by atoms with Crippen molar-refractivity contribution in [1.82, 2.24) is 4.90 Å². The number of esters is 1. The van der Waals surface area contributed by atoms with Crippen molar-refractivity contribution in [2.75, 3.05) is 13.2 Å². The van der Waals surface area contributed by atoms with Crippen LogP contribution in [0.5, 0.6) is 0 Å². The first-order chi connectivity index (χ1) is 12.0. The van der Waals surface area contributed by atoms with Gasteiger partial charge >= 0.3 is 5.97 Å². The zero-order valence-corrected chi connectivity index (χ0v) is 15.4. The number of amides is 1. The molecule has 132 valence electrons. The van der Waals surface area contributed by atoms with E-state index >= 15 is 0 Å². The molecule has 0 N–H and O–H groups in total. The Hall–Kier alpha value is -2.04. The van der Waals surface area contributed by atoms with Gasteiger partial charge < -0.3 is 9.64 Å². The monoisotopic (exact) mass is 379 g/mol. The molecule has 0 aliphatic carbocycles. The molecule has 0 unspecified atom stereocenters. The van der Waals surface area contributed by atoms with Gasteiger partial charge in [-0.15, -0.1) is 0 Å². The minimum Gasteiger partial charge on any atom is -0.466 e. The van der Waals surface area contributed by atoms with Gasteiger partial charge in [0.1, 0.15) is 0 Å². The van der Waals surface area contributed by atoms with E-state index in [9.17, 15) is 9.59 Å². The Morgan fingerprint density at radius 1 is 1.08 bits per heavy atom. The van der Waals surface area contributed by atoms with Gasteiger partial charge in [0.05, 0.1) is 13.0 Å². The second-order valence-corrected chi connectivity index (χ2v) is 6.23. The van der Waals surface area contributed by atoms with Crippen LogP contribution in [-0.2, 0) is 16.1 Å². The molecule has 2 aromatic rings. The van der Waals surface area contributed by atoms with Crippen LogP contribution in [0.2, 0.25) is 10.0 Å². The molecule has 2 rings (SSSR count). The van der Waals surface area contributed by atoms with Crippen molar-refractivity contribution >= 4 is 35.1 Å². The van der Waals surface area contributed by atoms with Gasteiger partial charge in [0, 0.05) is 28.7 Å². The van der Waals surface area contributed by atoms with Crippen molar-refractivity contribution in [1.29, 1.82) is 0 Å². The van der Waals surface area contributed by atoms with Crippen molar-refractivity contribution in [2.45, 2.75) is 19.9 Å². The predicted molar refractivity (Wildman–Crippen MR) is 98.9 cm³/mol. The maximum Gasteiger partial charge on any atom is 0.307 e. The van der Waals surface area contributed by atoms with Crippen LogP contribution in [0.25, 0.3) is 0 Å². The van der Waals surface area contributed by atoms with Crippen molar-refractivity contribution in [3.8, 4) is 0 Å². The molecule has 4 nitrogen and oxygen atoms in total. The quantitative estimate of drug-likeness (QED) is 0.660. The summed E-state index contributed by atoms with van der Waals surface area (Å²) in [6.07, 6.45) is 0.116. The van der Waals surface area contributed by atoms with Crippen LogP contribution < -0.4 is 0 Å². The van der Waals surface area contributed by atoms with Crippen LogP contribution in [0.1, 0.15) is 29.3 Å². The summed E-state index contributed by atoms with van der Waals surface area (Å²) in [7, 11) is 0. The molecule has 0 aliphatic heterocycles. The van der Waals surface area contributed by atoms with E-state index in [4.69, 9.17) is 27.9 Å². The topological polar surface area (TPSA) is 46.6 Å². The number of hydrogen-bond acceptors (Lipinski definition) is 3. The molecule has 0 aromatic heterocycles. The highest BCUT2D eigenvalue weighted by molar-refractivity contribution is 6.31. The minimum atomic E-state index is -0.342. The maximum atomic E-state index is 12.9. The first-order valence-corrected chi connectivity index (χ1v) is 8.70. The summed E-state index contributed by atoms with van der Waals surface area (Å²) in [4.78, 5) is 26.1. The fourth-order valence-electron chi connectivity index (χ4n) is 2.35. The number of carbonyl (C=O) groups excluding carboxylic acids is 2. The Morgan fingerprint density at radius 2 is 1.84 bits per heavy atom. The molecule has 2 aromatic carbocycles. The third-order valence-electron chi connectivity index (χ3n) is 3.57. The van der Waals surface area contributed by atoms with E-state index in [0.717, 1.165) is 5.56 Å². The Bertz CT molecular complexity index is 749. The number of halogens is 2. The molecule has 1 amide bonds. The molecule has 25 heavy (non-hydrogen) atoms. The zero-order valence-electron chi connectivity index (χ0n) is 13.9. The van der Waals surface area contributed by atoms with Gasteiger partial charge in [-0.1, -0.05) is 47.5 Å². The molecule has 0 radical (unpaired) electrons. The first-order valence-electron chi connectivity index (χ1n) is 7.95. The van der Waals surface area contributed by atoms with Crippen molar-refractivity contribution in [3.63, 3.8) is 0 Å². The summed E-state index contributed by atoms with van der Waals surface area (Å²) in [5, 5.41) is 1.05. The van der Waals surface area contributed by atoms with Gasteiger partial charge in [-0.3, -0.25) is 9.59 Å². The number of ether oxygens (including phenoxy) is 1. The molecule has 0 heterocycles. The number of hydrogen-bond donors (Lipinski definition) is 0. The Labute approximate surface area is 157 Å². The number of rotatable bonds is 7. The average molecular weight is 380 g/mol.